The summed E-state index contributed by atoms with van der Waals surface area (Å²) in [4.78, 5) is 26.8. The average Bonchev–Trinajstić information content (AvgIpc) is 2.62. The second kappa shape index (κ2) is 6.46. The number of fused-ring (bicyclic) bond motifs is 2. The van der Waals surface area contributed by atoms with Crippen LogP contribution in [0.2, 0.25) is 0 Å². The lowest BCUT2D eigenvalue weighted by molar-refractivity contribution is -0.139. The maximum absolute atomic E-state index is 12.7. The summed E-state index contributed by atoms with van der Waals surface area (Å²) in [5.74, 6) is 1.90. The molecule has 24 heavy (non-hydrogen) atoms. The summed E-state index contributed by atoms with van der Waals surface area (Å²) in [7, 11) is 0. The van der Waals surface area contributed by atoms with Crippen LogP contribution in [0.15, 0.2) is 24.3 Å². The Labute approximate surface area is 142 Å². The van der Waals surface area contributed by atoms with E-state index in [4.69, 9.17) is 4.74 Å². The minimum Gasteiger partial charge on any atom is -0.478 e. The molecule has 1 saturated carbocycles. The molecule has 1 aromatic carbocycles. The van der Waals surface area contributed by atoms with Crippen molar-refractivity contribution in [2.75, 3.05) is 18.4 Å². The van der Waals surface area contributed by atoms with Crippen molar-refractivity contribution in [3.05, 3.63) is 24.3 Å². The Morgan fingerprint density at radius 1 is 1.17 bits per heavy atom. The highest BCUT2D eigenvalue weighted by atomic mass is 16.5. The molecule has 3 aliphatic rings. The third kappa shape index (κ3) is 2.99. The van der Waals surface area contributed by atoms with E-state index in [1.54, 1.807) is 6.07 Å². The number of nitrogens with zero attached hydrogens (tertiary/aromatic N) is 1. The Kier molecular flexibility index (Phi) is 4.17. The number of hydrogen-bond acceptors (Lipinski definition) is 3. The van der Waals surface area contributed by atoms with Crippen LogP contribution < -0.4 is 10.1 Å². The first-order chi connectivity index (χ1) is 11.7. The van der Waals surface area contributed by atoms with E-state index in [1.165, 1.54) is 25.7 Å². The number of carbonyl (C=O) groups excluding carboxylic acids is 2. The van der Waals surface area contributed by atoms with Crippen molar-refractivity contribution in [1.29, 1.82) is 0 Å². The smallest absolute Gasteiger partial charge is 0.266 e. The summed E-state index contributed by atoms with van der Waals surface area (Å²) in [5.41, 5.74) is 0.675. The minimum atomic E-state index is -0.725. The monoisotopic (exact) mass is 328 g/mol. The number of nitrogens with one attached hydrogen (secondary N) is 1. The number of carbonyl (C=O) groups is 2. The first-order valence-corrected chi connectivity index (χ1v) is 9.05. The highest BCUT2D eigenvalue weighted by Crippen LogP contribution is 2.36. The molecule has 1 aliphatic carbocycles. The first-order valence-electron chi connectivity index (χ1n) is 9.05. The fraction of sp³-hybridized carbons (Fsp3) is 0.579. The van der Waals surface area contributed by atoms with Crippen LogP contribution in [0.3, 0.4) is 0 Å². The van der Waals surface area contributed by atoms with Crippen molar-refractivity contribution in [1.82, 2.24) is 4.90 Å². The molecule has 1 aromatic rings. The predicted octanol–water partition coefficient (Wildman–Crippen LogP) is 2.81. The zero-order valence-corrected chi connectivity index (χ0v) is 13.9. The van der Waals surface area contributed by atoms with Gasteiger partial charge in [0.25, 0.3) is 5.91 Å². The Morgan fingerprint density at radius 2 is 1.96 bits per heavy atom. The van der Waals surface area contributed by atoms with Crippen LogP contribution in [-0.2, 0) is 9.59 Å². The fourth-order valence-corrected chi connectivity index (χ4v) is 4.34. The number of para-hydroxylation sites is 2. The molecule has 1 saturated heterocycles. The van der Waals surface area contributed by atoms with Gasteiger partial charge in [0.2, 0.25) is 5.91 Å². The van der Waals surface area contributed by atoms with Crippen molar-refractivity contribution in [3.8, 4) is 5.75 Å². The Balaban J connectivity index is 1.38. The Morgan fingerprint density at radius 3 is 2.83 bits per heavy atom. The number of ether oxygens (including phenoxy) is 1. The van der Waals surface area contributed by atoms with Crippen molar-refractivity contribution < 1.29 is 14.3 Å². The summed E-state index contributed by atoms with van der Waals surface area (Å²) in [6, 6.07) is 7.34. The molecule has 2 amide bonds. The van der Waals surface area contributed by atoms with Crippen LogP contribution in [0.4, 0.5) is 5.69 Å². The van der Waals surface area contributed by atoms with Crippen LogP contribution in [0.25, 0.3) is 0 Å². The SMILES string of the molecule is O=C1Nc2ccccc2O[C@H]1CC(=O)N1CC[C@H]2CCCC[C@@H]2C1. The molecule has 5 heteroatoms. The van der Waals surface area contributed by atoms with E-state index < -0.39 is 6.10 Å². The summed E-state index contributed by atoms with van der Waals surface area (Å²) in [6.07, 6.45) is 5.68. The van der Waals surface area contributed by atoms with E-state index in [0.29, 0.717) is 17.4 Å². The number of amides is 2. The number of anilines is 1. The second-order valence-corrected chi connectivity index (χ2v) is 7.23. The molecule has 3 atom stereocenters. The topological polar surface area (TPSA) is 58.6 Å². The van der Waals surface area contributed by atoms with Crippen LogP contribution >= 0.6 is 0 Å². The highest BCUT2D eigenvalue weighted by molar-refractivity contribution is 5.99. The molecular weight excluding hydrogens is 304 g/mol. The molecule has 128 valence electrons. The van der Waals surface area contributed by atoms with Crippen LogP contribution in [0, 0.1) is 11.8 Å². The van der Waals surface area contributed by atoms with E-state index >= 15 is 0 Å². The number of piperidine rings is 1. The van der Waals surface area contributed by atoms with Gasteiger partial charge in [-0.25, -0.2) is 0 Å². The second-order valence-electron chi connectivity index (χ2n) is 7.23. The van der Waals surface area contributed by atoms with Crippen LogP contribution in [0.1, 0.15) is 38.5 Å². The highest BCUT2D eigenvalue weighted by Gasteiger charge is 2.35. The summed E-state index contributed by atoms with van der Waals surface area (Å²) in [6.45, 7) is 1.68. The zero-order valence-electron chi connectivity index (χ0n) is 13.9. The van der Waals surface area contributed by atoms with Gasteiger partial charge in [-0.2, -0.15) is 0 Å². The van der Waals surface area contributed by atoms with Crippen molar-refractivity contribution in [3.63, 3.8) is 0 Å². The molecule has 2 aliphatic heterocycles. The zero-order chi connectivity index (χ0) is 16.5. The van der Waals surface area contributed by atoms with Gasteiger partial charge in [0.1, 0.15) is 5.75 Å². The van der Waals surface area contributed by atoms with E-state index in [0.717, 1.165) is 25.4 Å². The van der Waals surface area contributed by atoms with Crippen LogP contribution in [-0.4, -0.2) is 35.9 Å². The molecule has 2 heterocycles. The first kappa shape index (κ1) is 15.5. The molecule has 1 N–H and O–H groups in total. The summed E-state index contributed by atoms with van der Waals surface area (Å²) in [5, 5.41) is 2.83. The molecule has 2 fully saturated rings. The van der Waals surface area contributed by atoms with Gasteiger partial charge in [0.15, 0.2) is 6.10 Å². The lowest BCUT2D eigenvalue weighted by Gasteiger charge is -2.41. The van der Waals surface area contributed by atoms with E-state index in [2.05, 4.69) is 5.32 Å². The maximum atomic E-state index is 12.7. The molecule has 4 rings (SSSR count). The fourth-order valence-electron chi connectivity index (χ4n) is 4.34. The van der Waals surface area contributed by atoms with Gasteiger partial charge >= 0.3 is 0 Å². The maximum Gasteiger partial charge on any atom is 0.266 e. The molecule has 0 bridgehead atoms. The number of benzene rings is 1. The van der Waals surface area contributed by atoms with Gasteiger partial charge in [-0.05, 0) is 36.8 Å². The average molecular weight is 328 g/mol. The molecule has 0 radical (unpaired) electrons. The van der Waals surface area contributed by atoms with Gasteiger partial charge in [-0.1, -0.05) is 31.4 Å². The van der Waals surface area contributed by atoms with Gasteiger partial charge in [-0.3, -0.25) is 9.59 Å². The largest absolute Gasteiger partial charge is 0.478 e. The molecular formula is C19H24N2O3. The third-order valence-corrected chi connectivity index (χ3v) is 5.71. The Hall–Kier alpha value is -2.04. The number of likely N-dealkylation sites (tertiary alicyclic amines) is 1. The van der Waals surface area contributed by atoms with Crippen LogP contribution in [0.5, 0.6) is 5.75 Å². The van der Waals surface area contributed by atoms with Gasteiger partial charge in [0.05, 0.1) is 12.1 Å². The third-order valence-electron chi connectivity index (χ3n) is 5.71. The molecule has 5 nitrogen and oxygen atoms in total. The lowest BCUT2D eigenvalue weighted by atomic mass is 9.75. The number of rotatable bonds is 2. The molecule has 0 aromatic heterocycles. The molecule has 0 spiro atoms. The summed E-state index contributed by atoms with van der Waals surface area (Å²) < 4.78 is 5.75. The van der Waals surface area contributed by atoms with E-state index in [1.807, 2.05) is 23.1 Å². The van der Waals surface area contributed by atoms with Gasteiger partial charge in [-0.15, -0.1) is 0 Å². The standard InChI is InChI=1S/C19H24N2O3/c22-18(21-10-9-13-5-1-2-6-14(13)12-21)11-17-19(23)20-15-7-3-4-8-16(15)24-17/h3-4,7-8,13-14,17H,1-2,5-6,9-12H2,(H,20,23)/t13-,14-,17+/m1/s1. The summed E-state index contributed by atoms with van der Waals surface area (Å²) >= 11 is 0. The quantitative estimate of drug-likeness (QED) is 0.908. The van der Waals surface area contributed by atoms with Gasteiger partial charge < -0.3 is 15.0 Å². The van der Waals surface area contributed by atoms with Gasteiger partial charge in [0, 0.05) is 13.1 Å². The molecule has 0 unspecified atom stereocenters. The number of hydrogen-bond donors (Lipinski definition) is 1. The predicted molar refractivity (Wildman–Crippen MR) is 90.7 cm³/mol. The minimum absolute atomic E-state index is 0.0403. The van der Waals surface area contributed by atoms with Crippen molar-refractivity contribution in [2.45, 2.75) is 44.6 Å². The normalized spacial score (nSPS) is 29.1. The van der Waals surface area contributed by atoms with Crippen molar-refractivity contribution >= 4 is 17.5 Å². The van der Waals surface area contributed by atoms with E-state index in [-0.39, 0.29) is 18.2 Å². The van der Waals surface area contributed by atoms with E-state index in [9.17, 15) is 9.59 Å². The Bertz CT molecular complexity index is 645. The lowest BCUT2D eigenvalue weighted by Crippen LogP contribution is -2.47. The van der Waals surface area contributed by atoms with Crippen molar-refractivity contribution in [2.24, 2.45) is 11.8 Å².